The summed E-state index contributed by atoms with van der Waals surface area (Å²) in [5.41, 5.74) is 1.43. The third kappa shape index (κ3) is 5.39. The molecule has 124 valence electrons. The molecule has 0 atom stereocenters. The SMILES string of the molecule is COc1ccc(CCNS(=O)(=O)Cc2c(Cl)cccc2Cl)cc1. The highest BCUT2D eigenvalue weighted by atomic mass is 35.5. The first kappa shape index (κ1) is 18.1. The van der Waals surface area contributed by atoms with Crippen molar-refractivity contribution in [2.75, 3.05) is 13.7 Å². The lowest BCUT2D eigenvalue weighted by Gasteiger charge is -2.10. The molecule has 2 rings (SSSR count). The van der Waals surface area contributed by atoms with Gasteiger partial charge < -0.3 is 4.74 Å². The second kappa shape index (κ2) is 8.02. The van der Waals surface area contributed by atoms with Gasteiger partial charge in [-0.25, -0.2) is 13.1 Å². The second-order valence-corrected chi connectivity index (χ2v) is 7.57. The van der Waals surface area contributed by atoms with E-state index in [-0.39, 0.29) is 5.75 Å². The number of nitrogens with one attached hydrogen (secondary N) is 1. The summed E-state index contributed by atoms with van der Waals surface area (Å²) in [6.45, 7) is 0.302. The number of ether oxygens (including phenoxy) is 1. The second-order valence-electron chi connectivity index (χ2n) is 4.95. The Morgan fingerprint density at radius 1 is 1.04 bits per heavy atom. The highest BCUT2D eigenvalue weighted by Crippen LogP contribution is 2.25. The zero-order valence-electron chi connectivity index (χ0n) is 12.6. The van der Waals surface area contributed by atoms with Crippen LogP contribution in [-0.4, -0.2) is 22.1 Å². The Balaban J connectivity index is 1.93. The van der Waals surface area contributed by atoms with Crippen LogP contribution in [0.5, 0.6) is 5.75 Å². The van der Waals surface area contributed by atoms with Crippen molar-refractivity contribution in [3.8, 4) is 5.75 Å². The van der Waals surface area contributed by atoms with Gasteiger partial charge in [0.1, 0.15) is 5.75 Å². The minimum absolute atomic E-state index is 0.242. The molecule has 0 saturated carbocycles. The minimum Gasteiger partial charge on any atom is -0.497 e. The lowest BCUT2D eigenvalue weighted by molar-refractivity contribution is 0.414. The Bertz CT molecular complexity index is 741. The molecule has 0 heterocycles. The smallest absolute Gasteiger partial charge is 0.215 e. The van der Waals surface area contributed by atoms with Gasteiger partial charge in [0.25, 0.3) is 0 Å². The quantitative estimate of drug-likeness (QED) is 0.805. The summed E-state index contributed by atoms with van der Waals surface area (Å²) in [6, 6.07) is 12.4. The van der Waals surface area contributed by atoms with E-state index in [2.05, 4.69) is 4.72 Å². The standard InChI is InChI=1S/C16H17Cl2NO3S/c1-22-13-7-5-12(6-8-13)9-10-19-23(20,21)11-14-15(17)3-2-4-16(14)18/h2-8,19H,9-11H2,1H3. The molecule has 0 amide bonds. The number of methoxy groups -OCH3 is 1. The van der Waals surface area contributed by atoms with Gasteiger partial charge in [0.15, 0.2) is 0 Å². The van der Waals surface area contributed by atoms with Gasteiger partial charge in [-0.1, -0.05) is 41.4 Å². The van der Waals surface area contributed by atoms with Crippen molar-refractivity contribution in [3.63, 3.8) is 0 Å². The molecule has 1 N–H and O–H groups in total. The number of hydrogen-bond donors (Lipinski definition) is 1. The maximum absolute atomic E-state index is 12.1. The van der Waals surface area contributed by atoms with Gasteiger partial charge in [-0.15, -0.1) is 0 Å². The molecule has 7 heteroatoms. The highest BCUT2D eigenvalue weighted by Gasteiger charge is 2.16. The van der Waals surface area contributed by atoms with E-state index in [4.69, 9.17) is 27.9 Å². The first-order valence-corrected chi connectivity index (χ1v) is 9.35. The van der Waals surface area contributed by atoms with E-state index in [1.54, 1.807) is 25.3 Å². The number of halogens is 2. The summed E-state index contributed by atoms with van der Waals surface area (Å²) in [5.74, 6) is 0.524. The predicted octanol–water partition coefficient (Wildman–Crippen LogP) is 3.66. The van der Waals surface area contributed by atoms with Crippen LogP contribution in [0.4, 0.5) is 0 Å². The number of hydrogen-bond acceptors (Lipinski definition) is 3. The molecule has 0 fully saturated rings. The molecule has 23 heavy (non-hydrogen) atoms. The average molecular weight is 374 g/mol. The van der Waals surface area contributed by atoms with Gasteiger partial charge in [0.2, 0.25) is 10.0 Å². The average Bonchev–Trinajstić information content (AvgIpc) is 2.52. The lowest BCUT2D eigenvalue weighted by Crippen LogP contribution is -2.27. The molecule has 4 nitrogen and oxygen atoms in total. The molecule has 0 radical (unpaired) electrons. The Morgan fingerprint density at radius 3 is 2.22 bits per heavy atom. The van der Waals surface area contributed by atoms with Gasteiger partial charge in [-0.3, -0.25) is 0 Å². The monoisotopic (exact) mass is 373 g/mol. The Morgan fingerprint density at radius 2 is 1.65 bits per heavy atom. The molecule has 0 unspecified atom stereocenters. The van der Waals surface area contributed by atoms with Crippen LogP contribution in [0.15, 0.2) is 42.5 Å². The number of benzene rings is 2. The Hall–Kier alpha value is -1.27. The first-order chi connectivity index (χ1) is 10.9. The zero-order valence-corrected chi connectivity index (χ0v) is 14.9. The number of sulfonamides is 1. The third-order valence-corrected chi connectivity index (χ3v) is 5.31. The molecule has 0 aromatic heterocycles. The fourth-order valence-electron chi connectivity index (χ4n) is 2.05. The molecule has 2 aromatic carbocycles. The van der Waals surface area contributed by atoms with Crippen LogP contribution in [0.3, 0.4) is 0 Å². The Labute approximate surface area is 146 Å². The van der Waals surface area contributed by atoms with Crippen LogP contribution >= 0.6 is 23.2 Å². The van der Waals surface area contributed by atoms with Crippen molar-refractivity contribution in [2.24, 2.45) is 0 Å². The third-order valence-electron chi connectivity index (χ3n) is 3.29. The van der Waals surface area contributed by atoms with Gasteiger partial charge in [-0.2, -0.15) is 0 Å². The molecule has 0 saturated heterocycles. The van der Waals surface area contributed by atoms with Crippen LogP contribution < -0.4 is 9.46 Å². The molecule has 2 aromatic rings. The van der Waals surface area contributed by atoms with Gasteiger partial charge in [0, 0.05) is 22.2 Å². The van der Waals surface area contributed by atoms with E-state index < -0.39 is 10.0 Å². The van der Waals surface area contributed by atoms with Gasteiger partial charge in [0.05, 0.1) is 12.9 Å². The van der Waals surface area contributed by atoms with E-state index in [0.29, 0.717) is 28.6 Å². The Kier molecular flexibility index (Phi) is 6.30. The molecule has 0 bridgehead atoms. The maximum Gasteiger partial charge on any atom is 0.215 e. The molecule has 0 aliphatic carbocycles. The van der Waals surface area contributed by atoms with E-state index in [0.717, 1.165) is 11.3 Å². The van der Waals surface area contributed by atoms with Crippen molar-refractivity contribution in [2.45, 2.75) is 12.2 Å². The summed E-state index contributed by atoms with van der Waals surface area (Å²) in [4.78, 5) is 0. The molecular weight excluding hydrogens is 357 g/mol. The van der Waals surface area contributed by atoms with Crippen molar-refractivity contribution in [1.82, 2.24) is 4.72 Å². The number of rotatable bonds is 7. The summed E-state index contributed by atoms with van der Waals surface area (Å²) in [5, 5.41) is 0.691. The van der Waals surface area contributed by atoms with E-state index in [9.17, 15) is 8.42 Å². The molecule has 0 aliphatic heterocycles. The van der Waals surface area contributed by atoms with Crippen LogP contribution in [0.2, 0.25) is 10.0 Å². The van der Waals surface area contributed by atoms with E-state index in [1.165, 1.54) is 0 Å². The van der Waals surface area contributed by atoms with Crippen LogP contribution in [0.1, 0.15) is 11.1 Å². The molecular formula is C16H17Cl2NO3S. The predicted molar refractivity (Wildman–Crippen MR) is 93.8 cm³/mol. The minimum atomic E-state index is -3.51. The van der Waals surface area contributed by atoms with Crippen molar-refractivity contribution in [1.29, 1.82) is 0 Å². The summed E-state index contributed by atoms with van der Waals surface area (Å²) < 4.78 is 31.9. The fraction of sp³-hybridized carbons (Fsp3) is 0.250. The lowest BCUT2D eigenvalue weighted by atomic mass is 10.1. The van der Waals surface area contributed by atoms with E-state index >= 15 is 0 Å². The molecule has 0 spiro atoms. The molecule has 0 aliphatic rings. The summed E-state index contributed by atoms with van der Waals surface area (Å²) in [6.07, 6.45) is 0.583. The van der Waals surface area contributed by atoms with Crippen molar-refractivity contribution >= 4 is 33.2 Å². The largest absolute Gasteiger partial charge is 0.497 e. The summed E-state index contributed by atoms with van der Waals surface area (Å²) >= 11 is 12.0. The normalized spacial score (nSPS) is 11.4. The van der Waals surface area contributed by atoms with Crippen molar-refractivity contribution in [3.05, 3.63) is 63.6 Å². The van der Waals surface area contributed by atoms with Crippen LogP contribution in [0.25, 0.3) is 0 Å². The summed E-state index contributed by atoms with van der Waals surface area (Å²) in [7, 11) is -1.91. The maximum atomic E-state index is 12.1. The topological polar surface area (TPSA) is 55.4 Å². The zero-order chi connectivity index (χ0) is 16.9. The van der Waals surface area contributed by atoms with Crippen molar-refractivity contribution < 1.29 is 13.2 Å². The highest BCUT2D eigenvalue weighted by molar-refractivity contribution is 7.88. The van der Waals surface area contributed by atoms with Crippen LogP contribution in [0, 0.1) is 0 Å². The van der Waals surface area contributed by atoms with Gasteiger partial charge in [-0.05, 0) is 36.2 Å². The first-order valence-electron chi connectivity index (χ1n) is 6.94. The van der Waals surface area contributed by atoms with E-state index in [1.807, 2.05) is 24.3 Å². The van der Waals surface area contributed by atoms with Crippen LogP contribution in [-0.2, 0) is 22.2 Å². The van der Waals surface area contributed by atoms with Gasteiger partial charge >= 0.3 is 0 Å². The fourth-order valence-corrected chi connectivity index (χ4v) is 3.95.